The first-order valence-corrected chi connectivity index (χ1v) is 12.1. The number of aliphatic hydroxyl groups is 1. The number of fused-ring (bicyclic) bond motifs is 1. The number of hydrogen-bond donors (Lipinski definition) is 3. The second kappa shape index (κ2) is 9.97. The molecule has 1 unspecified atom stereocenters. The molecule has 1 fully saturated rings. The minimum atomic E-state index is -1.12. The normalized spacial score (nSPS) is 16.6. The fourth-order valence-electron chi connectivity index (χ4n) is 4.69. The zero-order chi connectivity index (χ0) is 27.8. The molecule has 0 bridgehead atoms. The minimum absolute atomic E-state index is 0.0318. The Labute approximate surface area is 223 Å². The number of imidazole rings is 1. The van der Waals surface area contributed by atoms with Crippen molar-refractivity contribution >= 4 is 40.4 Å². The lowest BCUT2D eigenvalue weighted by Gasteiger charge is -2.23. The van der Waals surface area contributed by atoms with Crippen LogP contribution in [0.3, 0.4) is 0 Å². The predicted molar refractivity (Wildman–Crippen MR) is 143 cm³/mol. The van der Waals surface area contributed by atoms with E-state index in [4.69, 9.17) is 9.47 Å². The van der Waals surface area contributed by atoms with Gasteiger partial charge >= 0.3 is 11.9 Å². The summed E-state index contributed by atoms with van der Waals surface area (Å²) in [5, 5.41) is 20.8. The minimum Gasteiger partial charge on any atom is -0.507 e. The number of carboxylic acids is 1. The van der Waals surface area contributed by atoms with Crippen LogP contribution >= 0.6 is 0 Å². The number of Topliss-reactive ketones (excluding diaryl/α,β-unsaturated/α-hetero) is 1. The molecule has 10 heteroatoms. The van der Waals surface area contributed by atoms with Gasteiger partial charge in [-0.3, -0.25) is 14.5 Å². The van der Waals surface area contributed by atoms with Gasteiger partial charge in [0.2, 0.25) is 5.95 Å². The predicted octanol–water partition coefficient (Wildman–Crippen LogP) is 4.60. The highest BCUT2D eigenvalue weighted by Crippen LogP contribution is 2.42. The number of carboxylic acid groups (broad SMARTS) is 1. The molecular weight excluding hydrogens is 502 g/mol. The molecule has 3 N–H and O–H groups in total. The van der Waals surface area contributed by atoms with E-state index >= 15 is 0 Å². The lowest BCUT2D eigenvalue weighted by atomic mass is 9.94. The highest BCUT2D eigenvalue weighted by Gasteiger charge is 2.48. The van der Waals surface area contributed by atoms with Crippen LogP contribution in [-0.2, 0) is 9.59 Å². The SMILES string of the molecule is CCOc1ccc(/C(O)=C2\C(=O)C(=O)N(c3nc4ccc(C(=O)O)cc4[nH]3)C2c2cccc(OC)c2)cc1C. The Balaban J connectivity index is 1.70. The Morgan fingerprint density at radius 1 is 1.05 bits per heavy atom. The number of benzene rings is 3. The first-order valence-electron chi connectivity index (χ1n) is 12.1. The van der Waals surface area contributed by atoms with E-state index in [0.29, 0.717) is 40.3 Å². The number of aromatic nitrogens is 2. The van der Waals surface area contributed by atoms with Crippen molar-refractivity contribution in [2.75, 3.05) is 18.6 Å². The monoisotopic (exact) mass is 527 g/mol. The topological polar surface area (TPSA) is 142 Å². The highest BCUT2D eigenvalue weighted by atomic mass is 16.5. The van der Waals surface area contributed by atoms with E-state index in [1.54, 1.807) is 42.5 Å². The maximum atomic E-state index is 13.5. The van der Waals surface area contributed by atoms with Gasteiger partial charge in [0.25, 0.3) is 5.78 Å². The van der Waals surface area contributed by atoms with E-state index in [0.717, 1.165) is 5.56 Å². The number of amides is 1. The Morgan fingerprint density at radius 2 is 1.82 bits per heavy atom. The van der Waals surface area contributed by atoms with Crippen molar-refractivity contribution in [1.29, 1.82) is 0 Å². The van der Waals surface area contributed by atoms with Crippen molar-refractivity contribution in [3.8, 4) is 11.5 Å². The van der Waals surface area contributed by atoms with Crippen LogP contribution in [0, 0.1) is 6.92 Å². The molecule has 2 heterocycles. The molecule has 0 spiro atoms. The van der Waals surface area contributed by atoms with Crippen LogP contribution in [0.5, 0.6) is 11.5 Å². The van der Waals surface area contributed by atoms with Gasteiger partial charge in [0.1, 0.15) is 17.3 Å². The summed E-state index contributed by atoms with van der Waals surface area (Å²) in [6.45, 7) is 4.15. The third kappa shape index (κ3) is 4.46. The maximum Gasteiger partial charge on any atom is 0.335 e. The molecule has 0 radical (unpaired) electrons. The van der Waals surface area contributed by atoms with Crippen LogP contribution in [0.4, 0.5) is 5.95 Å². The van der Waals surface area contributed by atoms with Gasteiger partial charge in [0.05, 0.1) is 41.9 Å². The first-order chi connectivity index (χ1) is 18.7. The Kier molecular flexibility index (Phi) is 6.53. The summed E-state index contributed by atoms with van der Waals surface area (Å²) in [5.41, 5.74) is 2.29. The van der Waals surface area contributed by atoms with Gasteiger partial charge in [0, 0.05) is 5.56 Å². The largest absolute Gasteiger partial charge is 0.507 e. The number of aromatic amines is 1. The van der Waals surface area contributed by atoms with E-state index in [-0.39, 0.29) is 22.8 Å². The van der Waals surface area contributed by atoms with Crippen LogP contribution in [0.1, 0.15) is 40.0 Å². The maximum absolute atomic E-state index is 13.5. The van der Waals surface area contributed by atoms with Crippen molar-refractivity contribution in [2.45, 2.75) is 19.9 Å². The zero-order valence-electron chi connectivity index (χ0n) is 21.4. The Morgan fingerprint density at radius 3 is 2.51 bits per heavy atom. The number of aromatic carboxylic acids is 1. The quantitative estimate of drug-likeness (QED) is 0.180. The van der Waals surface area contributed by atoms with Gasteiger partial charge < -0.3 is 24.7 Å². The van der Waals surface area contributed by atoms with Crippen molar-refractivity contribution in [3.63, 3.8) is 0 Å². The summed E-state index contributed by atoms with van der Waals surface area (Å²) in [6, 6.07) is 15.1. The van der Waals surface area contributed by atoms with Crippen LogP contribution < -0.4 is 14.4 Å². The van der Waals surface area contributed by atoms with Crippen LogP contribution in [0.25, 0.3) is 16.8 Å². The number of carbonyl (C=O) groups is 3. The van der Waals surface area contributed by atoms with Crippen molar-refractivity contribution in [1.82, 2.24) is 9.97 Å². The van der Waals surface area contributed by atoms with Gasteiger partial charge in [0.15, 0.2) is 0 Å². The number of ether oxygens (including phenoxy) is 2. The van der Waals surface area contributed by atoms with Crippen molar-refractivity contribution in [3.05, 3.63) is 88.5 Å². The third-order valence-corrected chi connectivity index (χ3v) is 6.55. The summed E-state index contributed by atoms with van der Waals surface area (Å²) in [7, 11) is 1.50. The Bertz CT molecular complexity index is 1670. The molecule has 39 heavy (non-hydrogen) atoms. The van der Waals surface area contributed by atoms with E-state index in [1.165, 1.54) is 30.2 Å². The molecule has 1 atom stereocenters. The molecule has 198 valence electrons. The second-order valence-electron chi connectivity index (χ2n) is 8.96. The number of carbonyl (C=O) groups excluding carboxylic acids is 2. The number of aliphatic hydroxyl groups excluding tert-OH is 1. The van der Waals surface area contributed by atoms with Gasteiger partial charge in [-0.05, 0) is 73.5 Å². The molecular formula is C29H25N3O7. The molecule has 1 amide bonds. The summed E-state index contributed by atoms with van der Waals surface area (Å²) < 4.78 is 11.0. The fraction of sp³-hybridized carbons (Fsp3) is 0.172. The van der Waals surface area contributed by atoms with Crippen LogP contribution in [-0.4, -0.2) is 51.6 Å². The van der Waals surface area contributed by atoms with E-state index in [9.17, 15) is 24.6 Å². The van der Waals surface area contributed by atoms with Crippen molar-refractivity contribution in [2.24, 2.45) is 0 Å². The zero-order valence-corrected chi connectivity index (χ0v) is 21.4. The lowest BCUT2D eigenvalue weighted by molar-refractivity contribution is -0.132. The molecule has 0 saturated carbocycles. The average molecular weight is 528 g/mol. The summed E-state index contributed by atoms with van der Waals surface area (Å²) in [4.78, 5) is 47.0. The number of aryl methyl sites for hydroxylation is 1. The summed E-state index contributed by atoms with van der Waals surface area (Å²) in [5.74, 6) is -2.09. The molecule has 5 rings (SSSR count). The average Bonchev–Trinajstić information content (AvgIpc) is 3.47. The molecule has 1 saturated heterocycles. The van der Waals surface area contributed by atoms with Gasteiger partial charge in [-0.2, -0.15) is 0 Å². The summed E-state index contributed by atoms with van der Waals surface area (Å²) in [6.07, 6.45) is 0. The van der Waals surface area contributed by atoms with E-state index in [2.05, 4.69) is 9.97 Å². The highest BCUT2D eigenvalue weighted by molar-refractivity contribution is 6.51. The van der Waals surface area contributed by atoms with Crippen LogP contribution in [0.15, 0.2) is 66.2 Å². The van der Waals surface area contributed by atoms with Gasteiger partial charge in [-0.25, -0.2) is 9.78 Å². The second-order valence-corrected chi connectivity index (χ2v) is 8.96. The lowest BCUT2D eigenvalue weighted by Crippen LogP contribution is -2.30. The number of hydrogen-bond acceptors (Lipinski definition) is 7. The molecule has 1 aliphatic heterocycles. The number of anilines is 1. The first kappa shape index (κ1) is 25.5. The number of ketones is 1. The van der Waals surface area contributed by atoms with Gasteiger partial charge in [-0.15, -0.1) is 0 Å². The van der Waals surface area contributed by atoms with E-state index in [1.807, 2.05) is 13.8 Å². The number of rotatable bonds is 7. The fourth-order valence-corrected chi connectivity index (χ4v) is 4.69. The molecule has 0 aliphatic carbocycles. The van der Waals surface area contributed by atoms with E-state index < -0.39 is 23.7 Å². The molecule has 4 aromatic rings. The van der Waals surface area contributed by atoms with Crippen molar-refractivity contribution < 1.29 is 34.1 Å². The van der Waals surface area contributed by atoms with Crippen LogP contribution in [0.2, 0.25) is 0 Å². The number of nitrogens with one attached hydrogen (secondary N) is 1. The molecule has 3 aromatic carbocycles. The third-order valence-electron chi connectivity index (χ3n) is 6.55. The molecule has 1 aromatic heterocycles. The number of H-pyrrole nitrogens is 1. The molecule has 10 nitrogen and oxygen atoms in total. The number of methoxy groups -OCH3 is 1. The summed E-state index contributed by atoms with van der Waals surface area (Å²) >= 11 is 0. The number of nitrogens with zero attached hydrogens (tertiary/aromatic N) is 2. The smallest absolute Gasteiger partial charge is 0.335 e. The Hall–Kier alpha value is -5.12. The molecule has 1 aliphatic rings. The van der Waals surface area contributed by atoms with Gasteiger partial charge in [-0.1, -0.05) is 12.1 Å². The standard InChI is InChI=1S/C29H25N3O7/c1-4-39-22-11-9-17(12-15(22)2)25(33)23-24(16-6-5-7-19(13-16)38-3)32(27(35)26(23)34)29-30-20-10-8-18(28(36)37)14-21(20)31-29/h5-14,24,33H,4H2,1-3H3,(H,30,31)(H,36,37)/b25-23+.